The largest absolute Gasteiger partial charge is 0.508 e. The average molecular weight is 330 g/mol. The van der Waals surface area contributed by atoms with Crippen LogP contribution in [0.25, 0.3) is 0 Å². The van der Waals surface area contributed by atoms with Crippen LogP contribution >= 0.6 is 0 Å². The smallest absolute Gasteiger partial charge is 0.234 e. The van der Waals surface area contributed by atoms with Crippen molar-refractivity contribution in [2.75, 3.05) is 19.6 Å². The monoisotopic (exact) mass is 330 g/mol. The number of nitrogens with one attached hydrogen (secondary N) is 1. The number of likely N-dealkylation sites (tertiary alicyclic amines) is 1. The number of aromatic hydroxyl groups is 1. The van der Waals surface area contributed by atoms with Crippen LogP contribution in [0.1, 0.15) is 63.4 Å². The van der Waals surface area contributed by atoms with Gasteiger partial charge in [0.25, 0.3) is 0 Å². The summed E-state index contributed by atoms with van der Waals surface area (Å²) < 4.78 is 0. The Morgan fingerprint density at radius 2 is 1.88 bits per heavy atom. The summed E-state index contributed by atoms with van der Waals surface area (Å²) in [6, 6.07) is 7.50. The lowest BCUT2D eigenvalue weighted by Gasteiger charge is -2.43. The molecule has 24 heavy (non-hydrogen) atoms. The molecule has 0 aromatic heterocycles. The molecular formula is C20H30N2O2. The van der Waals surface area contributed by atoms with Crippen molar-refractivity contribution in [3.05, 3.63) is 29.8 Å². The van der Waals surface area contributed by atoms with E-state index in [1.165, 1.54) is 31.2 Å². The quantitative estimate of drug-likeness (QED) is 0.889. The minimum Gasteiger partial charge on any atom is -0.508 e. The van der Waals surface area contributed by atoms with E-state index in [4.69, 9.17) is 0 Å². The molecule has 0 spiro atoms. The van der Waals surface area contributed by atoms with Gasteiger partial charge in [-0.25, -0.2) is 0 Å². The van der Waals surface area contributed by atoms with Gasteiger partial charge < -0.3 is 10.4 Å². The molecule has 0 bridgehead atoms. The zero-order chi connectivity index (χ0) is 17.0. The lowest BCUT2D eigenvalue weighted by Crippen LogP contribution is -2.54. The van der Waals surface area contributed by atoms with E-state index in [0.29, 0.717) is 18.2 Å². The summed E-state index contributed by atoms with van der Waals surface area (Å²) in [5.41, 5.74) is 1.02. The third kappa shape index (κ3) is 4.10. The van der Waals surface area contributed by atoms with Crippen LogP contribution in [0.15, 0.2) is 24.3 Å². The van der Waals surface area contributed by atoms with Crippen LogP contribution in [0.4, 0.5) is 0 Å². The Labute approximate surface area is 145 Å². The molecule has 2 unspecified atom stereocenters. The molecule has 4 heteroatoms. The molecule has 1 aliphatic carbocycles. The van der Waals surface area contributed by atoms with Crippen molar-refractivity contribution in [2.24, 2.45) is 0 Å². The third-order valence-corrected chi connectivity index (χ3v) is 5.74. The summed E-state index contributed by atoms with van der Waals surface area (Å²) in [5.74, 6) is 0.771. The van der Waals surface area contributed by atoms with E-state index < -0.39 is 0 Å². The molecule has 0 radical (unpaired) electrons. The van der Waals surface area contributed by atoms with Gasteiger partial charge >= 0.3 is 0 Å². The number of carbonyl (C=O) groups excluding carboxylic acids is 1. The summed E-state index contributed by atoms with van der Waals surface area (Å²) in [6.07, 6.45) is 8.17. The fraction of sp³-hybridized carbons (Fsp3) is 0.650. The Kier molecular flexibility index (Phi) is 5.44. The predicted octanol–water partition coefficient (Wildman–Crippen LogP) is 3.41. The molecule has 1 aliphatic heterocycles. The van der Waals surface area contributed by atoms with E-state index in [0.717, 1.165) is 32.4 Å². The van der Waals surface area contributed by atoms with Gasteiger partial charge in [-0.15, -0.1) is 0 Å². The highest BCUT2D eigenvalue weighted by Gasteiger charge is 2.38. The van der Waals surface area contributed by atoms with Crippen LogP contribution in [0, 0.1) is 0 Å². The van der Waals surface area contributed by atoms with E-state index >= 15 is 0 Å². The second-order valence-corrected chi connectivity index (χ2v) is 7.69. The molecule has 2 aliphatic rings. The lowest BCUT2D eigenvalue weighted by atomic mass is 9.70. The van der Waals surface area contributed by atoms with Crippen molar-refractivity contribution in [3.8, 4) is 5.75 Å². The number of phenolic OH excluding ortho intramolecular Hbond substituents is 1. The van der Waals surface area contributed by atoms with Crippen molar-refractivity contribution in [1.29, 1.82) is 0 Å². The number of carbonyl (C=O) groups is 1. The van der Waals surface area contributed by atoms with Crippen molar-refractivity contribution in [2.45, 2.75) is 63.3 Å². The van der Waals surface area contributed by atoms with Crippen LogP contribution in [-0.2, 0) is 4.79 Å². The minimum atomic E-state index is -0.192. The van der Waals surface area contributed by atoms with E-state index in [1.54, 1.807) is 12.1 Å². The summed E-state index contributed by atoms with van der Waals surface area (Å²) in [6.45, 7) is 4.81. The molecule has 2 N–H and O–H groups in total. The van der Waals surface area contributed by atoms with Gasteiger partial charge in [0.15, 0.2) is 0 Å². The van der Waals surface area contributed by atoms with E-state index in [2.05, 4.69) is 17.1 Å². The van der Waals surface area contributed by atoms with Crippen molar-refractivity contribution in [3.63, 3.8) is 0 Å². The van der Waals surface area contributed by atoms with Gasteiger partial charge in [-0.1, -0.05) is 31.4 Å². The molecule has 1 saturated carbocycles. The molecule has 1 saturated heterocycles. The minimum absolute atomic E-state index is 0.157. The van der Waals surface area contributed by atoms with Gasteiger partial charge in [0.1, 0.15) is 5.75 Å². The van der Waals surface area contributed by atoms with Gasteiger partial charge in [0.2, 0.25) is 5.91 Å². The molecule has 1 heterocycles. The van der Waals surface area contributed by atoms with E-state index in [-0.39, 0.29) is 11.4 Å². The zero-order valence-electron chi connectivity index (χ0n) is 14.8. The second-order valence-electron chi connectivity index (χ2n) is 7.69. The van der Waals surface area contributed by atoms with Crippen LogP contribution in [0.2, 0.25) is 0 Å². The fourth-order valence-corrected chi connectivity index (χ4v) is 4.40. The highest BCUT2D eigenvalue weighted by molar-refractivity contribution is 5.79. The Morgan fingerprint density at radius 3 is 2.58 bits per heavy atom. The molecule has 1 aromatic rings. The standard InChI is InChI=1S/C20H30N2O2/c1-20(21-19(24)15-22-13-5-2-6-14-22)12-4-3-7-18(20)16-8-10-17(23)11-9-16/h8-11,18,23H,2-7,12-15H2,1H3,(H,21,24). The van der Waals surface area contributed by atoms with Crippen molar-refractivity contribution >= 4 is 5.91 Å². The fourth-order valence-electron chi connectivity index (χ4n) is 4.40. The highest BCUT2D eigenvalue weighted by atomic mass is 16.3. The number of piperidine rings is 1. The maximum atomic E-state index is 12.6. The van der Waals surface area contributed by atoms with Crippen molar-refractivity contribution < 1.29 is 9.90 Å². The molecule has 2 fully saturated rings. The first-order chi connectivity index (χ1) is 11.6. The van der Waals surface area contributed by atoms with Crippen LogP contribution in [0.5, 0.6) is 5.75 Å². The van der Waals surface area contributed by atoms with Crippen LogP contribution in [-0.4, -0.2) is 41.1 Å². The third-order valence-electron chi connectivity index (χ3n) is 5.74. The summed E-state index contributed by atoms with van der Waals surface area (Å²) in [4.78, 5) is 14.9. The number of rotatable bonds is 4. The molecule has 132 valence electrons. The van der Waals surface area contributed by atoms with E-state index in [1.807, 2.05) is 12.1 Å². The summed E-state index contributed by atoms with van der Waals surface area (Å²) in [7, 11) is 0. The van der Waals surface area contributed by atoms with Gasteiger partial charge in [0.05, 0.1) is 6.54 Å². The number of phenols is 1. The molecule has 1 amide bonds. The first-order valence-corrected chi connectivity index (χ1v) is 9.39. The van der Waals surface area contributed by atoms with Crippen molar-refractivity contribution in [1.82, 2.24) is 10.2 Å². The van der Waals surface area contributed by atoms with Crippen LogP contribution in [0.3, 0.4) is 0 Å². The first-order valence-electron chi connectivity index (χ1n) is 9.39. The molecular weight excluding hydrogens is 300 g/mol. The summed E-state index contributed by atoms with van der Waals surface area (Å²) >= 11 is 0. The number of hydrogen-bond acceptors (Lipinski definition) is 3. The predicted molar refractivity (Wildman–Crippen MR) is 96.2 cm³/mol. The normalized spacial score (nSPS) is 28.5. The zero-order valence-corrected chi connectivity index (χ0v) is 14.8. The van der Waals surface area contributed by atoms with Gasteiger partial charge in [0, 0.05) is 11.5 Å². The molecule has 1 aromatic carbocycles. The Morgan fingerprint density at radius 1 is 1.17 bits per heavy atom. The topological polar surface area (TPSA) is 52.6 Å². The van der Waals surface area contributed by atoms with E-state index in [9.17, 15) is 9.90 Å². The SMILES string of the molecule is CC1(NC(=O)CN2CCCCC2)CCCCC1c1ccc(O)cc1. The number of nitrogens with zero attached hydrogens (tertiary/aromatic N) is 1. The summed E-state index contributed by atoms with van der Waals surface area (Å²) in [5, 5.41) is 12.9. The lowest BCUT2D eigenvalue weighted by molar-refractivity contribution is -0.124. The number of hydrogen-bond donors (Lipinski definition) is 2. The molecule has 4 nitrogen and oxygen atoms in total. The van der Waals surface area contributed by atoms with Gasteiger partial charge in [-0.05, 0) is 63.4 Å². The number of benzene rings is 1. The molecule has 3 rings (SSSR count). The average Bonchev–Trinajstić information content (AvgIpc) is 2.57. The first kappa shape index (κ1) is 17.3. The van der Waals surface area contributed by atoms with Gasteiger partial charge in [-0.2, -0.15) is 0 Å². The Bertz CT molecular complexity index is 551. The maximum Gasteiger partial charge on any atom is 0.234 e. The second kappa shape index (κ2) is 7.56. The van der Waals surface area contributed by atoms with Gasteiger partial charge in [-0.3, -0.25) is 9.69 Å². The Hall–Kier alpha value is -1.55. The number of amides is 1. The maximum absolute atomic E-state index is 12.6. The highest BCUT2D eigenvalue weighted by Crippen LogP contribution is 2.41. The van der Waals surface area contributed by atoms with Crippen LogP contribution < -0.4 is 5.32 Å². The molecule has 2 atom stereocenters. The Balaban J connectivity index is 1.67.